The summed E-state index contributed by atoms with van der Waals surface area (Å²) in [6, 6.07) is 0. The lowest BCUT2D eigenvalue weighted by molar-refractivity contribution is -0.143. The highest BCUT2D eigenvalue weighted by atomic mass is 16.4. The zero-order valence-electron chi connectivity index (χ0n) is 31.6. The topological polar surface area (TPSA) is 253 Å². The number of carbonyl (C=O) groups is 4. The minimum absolute atomic E-state index is 0.494. The maximum Gasteiger partial charge on any atom is 0.323 e. The Bertz CT molecular complexity index is 913. The first-order valence-electron chi connectivity index (χ1n) is 17.5. The molecular formula is C38H72N4O8. The van der Waals surface area contributed by atoms with E-state index in [0.29, 0.717) is 25.7 Å². The molecule has 0 saturated heterocycles. The third-order valence-corrected chi connectivity index (χ3v) is 7.87. The van der Waals surface area contributed by atoms with Gasteiger partial charge >= 0.3 is 23.9 Å². The van der Waals surface area contributed by atoms with Crippen LogP contribution in [0.4, 0.5) is 0 Å². The van der Waals surface area contributed by atoms with Crippen LogP contribution in [0.3, 0.4) is 0 Å². The molecule has 0 bridgehead atoms. The number of allylic oxidation sites excluding steroid dienone is 4. The molecule has 0 radical (unpaired) electrons. The van der Waals surface area contributed by atoms with Gasteiger partial charge in [0.15, 0.2) is 0 Å². The molecule has 0 aromatic carbocycles. The summed E-state index contributed by atoms with van der Waals surface area (Å²) < 4.78 is 0. The molecule has 0 spiro atoms. The highest BCUT2D eigenvalue weighted by Gasteiger charge is 2.28. The standard InChI is InChI=1S/2C11H21NO2.2C8H15NO2/c2*1-3-4-5-6-7-8-9-11(2,12)10(13)14;2*1-3-4-5-6-8(2,9)7(10)11/h2*3H,1,4-9,12H2,2H3,(H,13,14);2*3H,1,4-6,9H2,2H3,(H,10,11)/t2*11-;2*8-/m1010/s1. The molecule has 0 aliphatic heterocycles. The van der Waals surface area contributed by atoms with Crippen molar-refractivity contribution in [3.63, 3.8) is 0 Å². The van der Waals surface area contributed by atoms with E-state index in [0.717, 1.165) is 89.9 Å². The van der Waals surface area contributed by atoms with Crippen molar-refractivity contribution < 1.29 is 39.6 Å². The molecule has 4 atom stereocenters. The van der Waals surface area contributed by atoms with Gasteiger partial charge in [0.25, 0.3) is 0 Å². The Morgan fingerprint density at radius 1 is 0.400 bits per heavy atom. The number of carboxylic acid groups (broad SMARTS) is 4. The summed E-state index contributed by atoms with van der Waals surface area (Å²) in [5, 5.41) is 34.7. The third kappa shape index (κ3) is 33.2. The van der Waals surface area contributed by atoms with Gasteiger partial charge in [-0.15, -0.1) is 26.3 Å². The number of carboxylic acids is 4. The molecule has 0 fully saturated rings. The molecule has 0 aliphatic rings. The van der Waals surface area contributed by atoms with E-state index in [1.165, 1.54) is 13.8 Å². The van der Waals surface area contributed by atoms with E-state index >= 15 is 0 Å². The molecule has 292 valence electrons. The van der Waals surface area contributed by atoms with Crippen LogP contribution >= 0.6 is 0 Å². The Morgan fingerprint density at radius 2 is 0.580 bits per heavy atom. The molecule has 50 heavy (non-hydrogen) atoms. The Balaban J connectivity index is -0.000000284. The molecule has 0 amide bonds. The average Bonchev–Trinajstić information content (AvgIpc) is 3.01. The van der Waals surface area contributed by atoms with Crippen LogP contribution in [-0.4, -0.2) is 66.5 Å². The van der Waals surface area contributed by atoms with E-state index in [1.807, 2.05) is 12.2 Å². The predicted molar refractivity (Wildman–Crippen MR) is 205 cm³/mol. The number of unbranched alkanes of at least 4 members (excludes halogenated alkanes) is 10. The summed E-state index contributed by atoms with van der Waals surface area (Å²) in [4.78, 5) is 42.2. The van der Waals surface area contributed by atoms with Gasteiger partial charge in [0, 0.05) is 0 Å². The molecule has 12 nitrogen and oxygen atoms in total. The summed E-state index contributed by atoms with van der Waals surface area (Å²) in [5.74, 6) is -3.71. The van der Waals surface area contributed by atoms with Crippen LogP contribution in [0, 0.1) is 0 Å². The normalized spacial score (nSPS) is 15.0. The van der Waals surface area contributed by atoms with Crippen molar-refractivity contribution in [2.45, 2.75) is 165 Å². The van der Waals surface area contributed by atoms with Gasteiger partial charge in [-0.3, -0.25) is 19.2 Å². The van der Waals surface area contributed by atoms with Crippen LogP contribution in [0.5, 0.6) is 0 Å². The number of aliphatic carboxylic acids is 4. The zero-order chi connectivity index (χ0) is 39.9. The van der Waals surface area contributed by atoms with E-state index in [9.17, 15) is 19.2 Å². The first-order valence-corrected chi connectivity index (χ1v) is 17.5. The number of rotatable bonds is 26. The fourth-order valence-electron chi connectivity index (χ4n) is 3.92. The first-order chi connectivity index (χ1) is 23.0. The number of hydrogen-bond acceptors (Lipinski definition) is 8. The maximum atomic E-state index is 10.6. The minimum atomic E-state index is -1.08. The van der Waals surface area contributed by atoms with E-state index in [4.69, 9.17) is 43.4 Å². The molecule has 12 heteroatoms. The molecule has 0 aromatic heterocycles. The average molecular weight is 713 g/mol. The quantitative estimate of drug-likeness (QED) is 0.0336. The first kappa shape index (κ1) is 53.5. The second kappa shape index (κ2) is 30.5. The van der Waals surface area contributed by atoms with Crippen LogP contribution < -0.4 is 22.9 Å². The minimum Gasteiger partial charge on any atom is -0.480 e. The fourth-order valence-corrected chi connectivity index (χ4v) is 3.92. The zero-order valence-corrected chi connectivity index (χ0v) is 31.6. The Morgan fingerprint density at radius 3 is 0.780 bits per heavy atom. The second-order valence-corrected chi connectivity index (χ2v) is 13.7. The van der Waals surface area contributed by atoms with Crippen LogP contribution in [0.1, 0.15) is 143 Å². The van der Waals surface area contributed by atoms with Gasteiger partial charge in [-0.05, 0) is 105 Å². The number of nitrogens with two attached hydrogens (primary N) is 4. The van der Waals surface area contributed by atoms with Crippen molar-refractivity contribution in [2.24, 2.45) is 22.9 Å². The molecule has 0 heterocycles. The van der Waals surface area contributed by atoms with Gasteiger partial charge in [0.1, 0.15) is 22.2 Å². The van der Waals surface area contributed by atoms with E-state index in [-0.39, 0.29) is 0 Å². The lowest BCUT2D eigenvalue weighted by Crippen LogP contribution is -2.44. The monoisotopic (exact) mass is 713 g/mol. The fraction of sp³-hybridized carbons (Fsp3) is 0.684. The van der Waals surface area contributed by atoms with Crippen molar-refractivity contribution in [1.82, 2.24) is 0 Å². The largest absolute Gasteiger partial charge is 0.480 e. The Hall–Kier alpha value is -3.32. The van der Waals surface area contributed by atoms with Crippen LogP contribution in [0.2, 0.25) is 0 Å². The number of hydrogen-bond donors (Lipinski definition) is 8. The van der Waals surface area contributed by atoms with E-state index in [2.05, 4.69) is 26.3 Å². The molecule has 0 rings (SSSR count). The molecule has 0 unspecified atom stereocenters. The van der Waals surface area contributed by atoms with Gasteiger partial charge in [0.2, 0.25) is 0 Å². The Kier molecular flexibility index (Phi) is 32.6. The SMILES string of the molecule is C=CCCCCCC[C@@](C)(N)C(=O)O.C=CCCCCCC[C@](C)(N)C(=O)O.C=CCCC[C@@](C)(N)C(=O)O.C=CCCC[C@](C)(N)C(=O)O. The maximum absolute atomic E-state index is 10.6. The Labute approximate surface area is 302 Å². The smallest absolute Gasteiger partial charge is 0.323 e. The van der Waals surface area contributed by atoms with E-state index in [1.54, 1.807) is 26.0 Å². The van der Waals surface area contributed by atoms with Gasteiger partial charge in [0.05, 0.1) is 0 Å². The van der Waals surface area contributed by atoms with Crippen LogP contribution in [0.15, 0.2) is 50.6 Å². The molecule has 0 aromatic rings. The van der Waals surface area contributed by atoms with E-state index < -0.39 is 46.0 Å². The summed E-state index contributed by atoms with van der Waals surface area (Å²) in [7, 11) is 0. The van der Waals surface area contributed by atoms with Gasteiger partial charge in [-0.2, -0.15) is 0 Å². The van der Waals surface area contributed by atoms with Gasteiger partial charge in [-0.1, -0.05) is 62.8 Å². The molecular weight excluding hydrogens is 640 g/mol. The lowest BCUT2D eigenvalue weighted by atomic mass is 9.95. The third-order valence-electron chi connectivity index (χ3n) is 7.87. The predicted octanol–water partition coefficient (Wildman–Crippen LogP) is 6.92. The molecule has 0 aliphatic carbocycles. The van der Waals surface area contributed by atoms with Crippen molar-refractivity contribution in [3.05, 3.63) is 50.6 Å². The highest BCUT2D eigenvalue weighted by molar-refractivity contribution is 5.78. The van der Waals surface area contributed by atoms with Crippen LogP contribution in [-0.2, 0) is 19.2 Å². The summed E-state index contributed by atoms with van der Waals surface area (Å²) in [6.45, 7) is 20.5. The van der Waals surface area contributed by atoms with Crippen molar-refractivity contribution >= 4 is 23.9 Å². The van der Waals surface area contributed by atoms with Crippen molar-refractivity contribution in [2.75, 3.05) is 0 Å². The summed E-state index contributed by atoms with van der Waals surface area (Å²) in [5.41, 5.74) is 17.8. The van der Waals surface area contributed by atoms with Crippen molar-refractivity contribution in [1.29, 1.82) is 0 Å². The van der Waals surface area contributed by atoms with Gasteiger partial charge < -0.3 is 43.4 Å². The van der Waals surface area contributed by atoms with Crippen molar-refractivity contribution in [3.8, 4) is 0 Å². The lowest BCUT2D eigenvalue weighted by Gasteiger charge is -2.18. The summed E-state index contributed by atoms with van der Waals surface area (Å²) in [6.07, 6.45) is 23.1. The highest BCUT2D eigenvalue weighted by Crippen LogP contribution is 2.15. The summed E-state index contributed by atoms with van der Waals surface area (Å²) >= 11 is 0. The van der Waals surface area contributed by atoms with Crippen LogP contribution in [0.25, 0.3) is 0 Å². The molecule has 12 N–H and O–H groups in total. The van der Waals surface area contributed by atoms with Gasteiger partial charge in [-0.25, -0.2) is 0 Å². The second-order valence-electron chi connectivity index (χ2n) is 13.7. The molecule has 0 saturated carbocycles.